The average Bonchev–Trinajstić information content (AvgIpc) is 2.99. The van der Waals surface area contributed by atoms with E-state index in [0.29, 0.717) is 37.2 Å². The van der Waals surface area contributed by atoms with Crippen LogP contribution in [0.5, 0.6) is 11.5 Å². The molecule has 1 aliphatic carbocycles. The number of amides is 2. The van der Waals surface area contributed by atoms with E-state index in [1.807, 2.05) is 48.5 Å². The number of para-hydroxylation sites is 1. The van der Waals surface area contributed by atoms with Crippen LogP contribution >= 0.6 is 0 Å². The number of aryl methyl sites for hydroxylation is 1. The third-order valence-corrected chi connectivity index (χ3v) is 6.65. The molecule has 5 rings (SSSR count). The molecule has 7 heteroatoms. The minimum Gasteiger partial charge on any atom is -0.457 e. The lowest BCUT2D eigenvalue weighted by molar-refractivity contribution is -0.120. The van der Waals surface area contributed by atoms with Crippen LogP contribution in [0.2, 0.25) is 0 Å². The Kier molecular flexibility index (Phi) is 6.45. The fourth-order valence-corrected chi connectivity index (χ4v) is 4.36. The monoisotopic (exact) mass is 481 g/mol. The van der Waals surface area contributed by atoms with Crippen LogP contribution in [0.15, 0.2) is 66.9 Å². The van der Waals surface area contributed by atoms with Gasteiger partial charge in [-0.15, -0.1) is 0 Å². The second-order valence-corrected chi connectivity index (χ2v) is 9.23. The van der Waals surface area contributed by atoms with Gasteiger partial charge in [0.25, 0.3) is 5.91 Å². The average molecular weight is 482 g/mol. The van der Waals surface area contributed by atoms with Crippen molar-refractivity contribution in [1.82, 2.24) is 10.3 Å². The number of pyridine rings is 1. The number of aliphatic hydroxyl groups is 1. The van der Waals surface area contributed by atoms with Crippen LogP contribution < -0.4 is 15.0 Å². The number of hydrogen-bond donors (Lipinski definition) is 2. The van der Waals surface area contributed by atoms with Crippen LogP contribution in [0.25, 0.3) is 0 Å². The van der Waals surface area contributed by atoms with Gasteiger partial charge >= 0.3 is 0 Å². The van der Waals surface area contributed by atoms with Gasteiger partial charge in [-0.1, -0.05) is 36.1 Å². The minimum absolute atomic E-state index is 0.173. The Morgan fingerprint density at radius 3 is 2.69 bits per heavy atom. The molecule has 0 radical (unpaired) electrons. The molecule has 1 atom stereocenters. The van der Waals surface area contributed by atoms with Crippen molar-refractivity contribution in [2.45, 2.75) is 43.7 Å². The number of anilines is 1. The summed E-state index contributed by atoms with van der Waals surface area (Å²) in [7, 11) is 1.70. The minimum atomic E-state index is -0.888. The first-order valence-electron chi connectivity index (χ1n) is 12.1. The lowest BCUT2D eigenvalue weighted by atomic mass is 9.81. The molecule has 2 aliphatic rings. The highest BCUT2D eigenvalue weighted by Gasteiger charge is 2.32. The zero-order chi connectivity index (χ0) is 25.1. The fraction of sp³-hybridized carbons (Fsp3) is 0.276. The Morgan fingerprint density at radius 1 is 1.14 bits per heavy atom. The largest absolute Gasteiger partial charge is 0.457 e. The SMILES string of the molecule is CN1C(=O)C(NC(=O)c2cc(Oc3ccccc3)ccn2)CCc2ccc(C#CC3(O)CCC3)cc21. The van der Waals surface area contributed by atoms with Crippen molar-refractivity contribution in [2.24, 2.45) is 0 Å². The Labute approximate surface area is 210 Å². The zero-order valence-corrected chi connectivity index (χ0v) is 20.0. The van der Waals surface area contributed by atoms with Gasteiger partial charge in [-0.05, 0) is 68.0 Å². The first-order chi connectivity index (χ1) is 17.4. The quantitative estimate of drug-likeness (QED) is 0.553. The topological polar surface area (TPSA) is 91.8 Å². The maximum absolute atomic E-state index is 13.3. The third kappa shape index (κ3) is 5.09. The summed E-state index contributed by atoms with van der Waals surface area (Å²) >= 11 is 0. The number of ether oxygens (including phenoxy) is 1. The molecular weight excluding hydrogens is 454 g/mol. The predicted octanol–water partition coefficient (Wildman–Crippen LogP) is 3.85. The van der Waals surface area contributed by atoms with Crippen molar-refractivity contribution in [3.8, 4) is 23.3 Å². The number of hydrogen-bond acceptors (Lipinski definition) is 5. The van der Waals surface area contributed by atoms with Crippen LogP contribution in [-0.4, -0.2) is 40.6 Å². The van der Waals surface area contributed by atoms with E-state index in [1.54, 1.807) is 24.1 Å². The summed E-state index contributed by atoms with van der Waals surface area (Å²) < 4.78 is 5.80. The van der Waals surface area contributed by atoms with Crippen LogP contribution in [0.4, 0.5) is 5.69 Å². The molecule has 0 saturated heterocycles. The molecule has 182 valence electrons. The van der Waals surface area contributed by atoms with Crippen LogP contribution in [0.3, 0.4) is 0 Å². The number of carbonyl (C=O) groups excluding carboxylic acids is 2. The van der Waals surface area contributed by atoms with Gasteiger partial charge in [-0.25, -0.2) is 0 Å². The number of likely N-dealkylation sites (N-methyl/N-ethyl adjacent to an activating group) is 1. The molecule has 2 N–H and O–H groups in total. The van der Waals surface area contributed by atoms with Gasteiger partial charge in [0.05, 0.1) is 0 Å². The maximum Gasteiger partial charge on any atom is 0.270 e. The Hall–Kier alpha value is -4.15. The van der Waals surface area contributed by atoms with Crippen LogP contribution in [0, 0.1) is 11.8 Å². The van der Waals surface area contributed by atoms with Crippen LogP contribution in [-0.2, 0) is 11.2 Å². The molecule has 0 spiro atoms. The summed E-state index contributed by atoms with van der Waals surface area (Å²) in [5.74, 6) is 6.50. The van der Waals surface area contributed by atoms with Crippen molar-refractivity contribution >= 4 is 17.5 Å². The lowest BCUT2D eigenvalue weighted by Crippen LogP contribution is -2.46. The van der Waals surface area contributed by atoms with Crippen molar-refractivity contribution in [2.75, 3.05) is 11.9 Å². The number of benzene rings is 2. The van der Waals surface area contributed by atoms with E-state index < -0.39 is 17.6 Å². The number of nitrogens with zero attached hydrogens (tertiary/aromatic N) is 2. The Balaban J connectivity index is 1.29. The molecular formula is C29H27N3O4. The highest BCUT2D eigenvalue weighted by molar-refractivity contribution is 6.02. The standard InChI is InChI=1S/C29H27N3O4/c1-32-26-18-20(12-16-29(35)14-5-15-29)8-9-21(26)10-11-24(28(32)34)31-27(33)25-19-23(13-17-30-25)36-22-6-3-2-4-7-22/h2-4,6-9,13,17-19,24,35H,5,10-11,14-15H2,1H3,(H,31,33). The summed E-state index contributed by atoms with van der Waals surface area (Å²) in [5.41, 5.74) is 1.80. The number of rotatable bonds is 4. The molecule has 36 heavy (non-hydrogen) atoms. The summed E-state index contributed by atoms with van der Waals surface area (Å²) in [6.45, 7) is 0. The van der Waals surface area contributed by atoms with E-state index >= 15 is 0 Å². The molecule has 1 unspecified atom stereocenters. The van der Waals surface area contributed by atoms with E-state index in [1.165, 1.54) is 6.20 Å². The smallest absolute Gasteiger partial charge is 0.270 e. The highest BCUT2D eigenvalue weighted by Crippen LogP contribution is 2.31. The summed E-state index contributed by atoms with van der Waals surface area (Å²) in [6, 6.07) is 17.6. The van der Waals surface area contributed by atoms with Gasteiger partial charge < -0.3 is 20.1 Å². The maximum atomic E-state index is 13.3. The van der Waals surface area contributed by atoms with E-state index in [0.717, 1.165) is 23.2 Å². The molecule has 0 bridgehead atoms. The van der Waals surface area contributed by atoms with Gasteiger partial charge in [0, 0.05) is 30.6 Å². The predicted molar refractivity (Wildman–Crippen MR) is 136 cm³/mol. The van der Waals surface area contributed by atoms with E-state index in [9.17, 15) is 14.7 Å². The Bertz CT molecular complexity index is 1360. The highest BCUT2D eigenvalue weighted by atomic mass is 16.5. The molecule has 1 aromatic heterocycles. The van der Waals surface area contributed by atoms with Crippen molar-refractivity contribution in [1.29, 1.82) is 0 Å². The second kappa shape index (κ2) is 9.84. The van der Waals surface area contributed by atoms with Gasteiger partial charge in [-0.2, -0.15) is 0 Å². The summed E-state index contributed by atoms with van der Waals surface area (Å²) in [6.07, 6.45) is 4.97. The lowest BCUT2D eigenvalue weighted by Gasteiger charge is -2.30. The van der Waals surface area contributed by atoms with Gasteiger partial charge in [0.15, 0.2) is 0 Å². The van der Waals surface area contributed by atoms with E-state index in [2.05, 4.69) is 22.1 Å². The van der Waals surface area contributed by atoms with Crippen molar-refractivity contribution in [3.05, 3.63) is 83.7 Å². The van der Waals surface area contributed by atoms with Gasteiger partial charge in [0.2, 0.25) is 5.91 Å². The first-order valence-corrected chi connectivity index (χ1v) is 12.1. The molecule has 1 saturated carbocycles. The molecule has 2 aromatic carbocycles. The van der Waals surface area contributed by atoms with Gasteiger partial charge in [-0.3, -0.25) is 14.6 Å². The van der Waals surface area contributed by atoms with E-state index in [-0.39, 0.29) is 11.6 Å². The molecule has 3 aromatic rings. The number of carbonyl (C=O) groups is 2. The summed E-state index contributed by atoms with van der Waals surface area (Å²) in [4.78, 5) is 32.0. The number of nitrogens with one attached hydrogen (secondary N) is 1. The van der Waals surface area contributed by atoms with E-state index in [4.69, 9.17) is 4.74 Å². The first kappa shape index (κ1) is 23.6. The molecule has 1 aliphatic heterocycles. The zero-order valence-electron chi connectivity index (χ0n) is 20.0. The Morgan fingerprint density at radius 2 is 1.94 bits per heavy atom. The molecule has 2 heterocycles. The normalized spacial score (nSPS) is 18.1. The third-order valence-electron chi connectivity index (χ3n) is 6.65. The van der Waals surface area contributed by atoms with Crippen LogP contribution in [0.1, 0.15) is 47.3 Å². The second-order valence-electron chi connectivity index (χ2n) is 9.23. The molecule has 2 amide bonds. The number of fused-ring (bicyclic) bond motifs is 1. The number of aromatic nitrogens is 1. The van der Waals surface area contributed by atoms with Crippen molar-refractivity contribution < 1.29 is 19.4 Å². The molecule has 7 nitrogen and oxygen atoms in total. The molecule has 1 fully saturated rings. The summed E-state index contributed by atoms with van der Waals surface area (Å²) in [5, 5.41) is 13.1. The fourth-order valence-electron chi connectivity index (χ4n) is 4.36. The van der Waals surface area contributed by atoms with Crippen molar-refractivity contribution in [3.63, 3.8) is 0 Å². The van der Waals surface area contributed by atoms with Gasteiger partial charge in [0.1, 0.15) is 28.8 Å².